The number of nitrogen functional groups attached to an aromatic ring is 1. The maximum atomic E-state index is 12.1. The molecular weight excluding hydrogens is 276 g/mol. The van der Waals surface area contributed by atoms with Crippen molar-refractivity contribution in [2.24, 2.45) is 0 Å². The third kappa shape index (κ3) is 3.52. The Bertz CT molecular complexity index is 609. The van der Waals surface area contributed by atoms with E-state index in [0.29, 0.717) is 18.0 Å². The van der Waals surface area contributed by atoms with E-state index in [9.17, 15) is 8.42 Å². The number of rotatable bonds is 6. The van der Waals surface area contributed by atoms with E-state index in [1.54, 1.807) is 6.07 Å². The van der Waals surface area contributed by atoms with E-state index in [4.69, 9.17) is 10.5 Å². The summed E-state index contributed by atoms with van der Waals surface area (Å²) in [6, 6.07) is 4.46. The molecule has 0 heterocycles. The lowest BCUT2D eigenvalue weighted by molar-refractivity contribution is 0.416. The molecule has 0 saturated heterocycles. The Morgan fingerprint density at radius 1 is 1.40 bits per heavy atom. The second-order valence-corrected chi connectivity index (χ2v) is 6.57. The SMILES string of the molecule is COc1ccc(S(=O)(=O)NCCC2=CCCC2)cc1N. The van der Waals surface area contributed by atoms with Crippen LogP contribution in [-0.2, 0) is 10.0 Å². The predicted octanol–water partition coefficient (Wildman–Crippen LogP) is 2.06. The molecule has 0 amide bonds. The van der Waals surface area contributed by atoms with Crippen molar-refractivity contribution in [2.45, 2.75) is 30.6 Å². The summed E-state index contributed by atoms with van der Waals surface area (Å²) in [4.78, 5) is 0.163. The van der Waals surface area contributed by atoms with E-state index in [1.807, 2.05) is 0 Å². The maximum absolute atomic E-state index is 12.1. The van der Waals surface area contributed by atoms with Crippen LogP contribution in [0.3, 0.4) is 0 Å². The number of hydrogen-bond acceptors (Lipinski definition) is 4. The van der Waals surface area contributed by atoms with Crippen LogP contribution in [0.25, 0.3) is 0 Å². The van der Waals surface area contributed by atoms with E-state index < -0.39 is 10.0 Å². The van der Waals surface area contributed by atoms with Gasteiger partial charge in [-0.15, -0.1) is 0 Å². The minimum absolute atomic E-state index is 0.163. The molecule has 20 heavy (non-hydrogen) atoms. The van der Waals surface area contributed by atoms with Crippen molar-refractivity contribution in [3.05, 3.63) is 29.8 Å². The molecule has 1 aliphatic rings. The zero-order valence-electron chi connectivity index (χ0n) is 11.6. The molecule has 0 unspecified atom stereocenters. The van der Waals surface area contributed by atoms with E-state index in [1.165, 1.54) is 31.2 Å². The van der Waals surface area contributed by atoms with Crippen LogP contribution >= 0.6 is 0 Å². The van der Waals surface area contributed by atoms with Gasteiger partial charge in [-0.05, 0) is 43.9 Å². The zero-order valence-corrected chi connectivity index (χ0v) is 12.4. The van der Waals surface area contributed by atoms with Gasteiger partial charge in [-0.25, -0.2) is 13.1 Å². The molecule has 0 spiro atoms. The first kappa shape index (κ1) is 14.9. The summed E-state index contributed by atoms with van der Waals surface area (Å²) < 4.78 is 31.9. The average molecular weight is 296 g/mol. The minimum atomic E-state index is -3.51. The van der Waals surface area contributed by atoms with Crippen molar-refractivity contribution >= 4 is 15.7 Å². The van der Waals surface area contributed by atoms with Crippen molar-refractivity contribution in [3.8, 4) is 5.75 Å². The molecule has 0 aromatic heterocycles. The number of ether oxygens (including phenoxy) is 1. The second kappa shape index (κ2) is 6.28. The normalized spacial score (nSPS) is 15.2. The Hall–Kier alpha value is -1.53. The third-order valence-electron chi connectivity index (χ3n) is 3.38. The summed E-state index contributed by atoms with van der Waals surface area (Å²) in [7, 11) is -2.02. The Morgan fingerprint density at radius 3 is 2.80 bits per heavy atom. The molecule has 110 valence electrons. The van der Waals surface area contributed by atoms with Gasteiger partial charge in [0.1, 0.15) is 5.75 Å². The number of allylic oxidation sites excluding steroid dienone is 1. The molecule has 6 heteroatoms. The van der Waals surface area contributed by atoms with Crippen molar-refractivity contribution in [1.82, 2.24) is 4.72 Å². The van der Waals surface area contributed by atoms with Crippen LogP contribution in [0.2, 0.25) is 0 Å². The number of anilines is 1. The molecule has 0 aliphatic heterocycles. The standard InChI is InChI=1S/C14H20N2O3S/c1-19-14-7-6-12(10-13(14)15)20(17,18)16-9-8-11-4-2-3-5-11/h4,6-7,10,16H,2-3,5,8-9,15H2,1H3. The summed E-state index contributed by atoms with van der Waals surface area (Å²) in [6.07, 6.45) is 6.33. The Kier molecular flexibility index (Phi) is 4.67. The molecule has 0 bridgehead atoms. The van der Waals surface area contributed by atoms with Crippen LogP contribution in [0.1, 0.15) is 25.7 Å². The first-order valence-electron chi connectivity index (χ1n) is 6.64. The van der Waals surface area contributed by atoms with Crippen LogP contribution in [0.4, 0.5) is 5.69 Å². The van der Waals surface area contributed by atoms with Crippen molar-refractivity contribution < 1.29 is 13.2 Å². The van der Waals surface area contributed by atoms with Crippen LogP contribution < -0.4 is 15.2 Å². The third-order valence-corrected chi connectivity index (χ3v) is 4.84. The second-order valence-electron chi connectivity index (χ2n) is 4.81. The summed E-state index contributed by atoms with van der Waals surface area (Å²) in [5, 5.41) is 0. The van der Waals surface area contributed by atoms with Gasteiger partial charge in [-0.2, -0.15) is 0 Å². The highest BCUT2D eigenvalue weighted by molar-refractivity contribution is 7.89. The number of benzene rings is 1. The van der Waals surface area contributed by atoms with Crippen molar-refractivity contribution in [3.63, 3.8) is 0 Å². The fourth-order valence-electron chi connectivity index (χ4n) is 2.27. The van der Waals surface area contributed by atoms with Gasteiger partial charge in [-0.3, -0.25) is 0 Å². The van der Waals surface area contributed by atoms with Crippen LogP contribution in [0.15, 0.2) is 34.7 Å². The minimum Gasteiger partial charge on any atom is -0.495 e. The molecule has 1 aromatic rings. The predicted molar refractivity (Wildman–Crippen MR) is 79.1 cm³/mol. The van der Waals surface area contributed by atoms with Gasteiger partial charge < -0.3 is 10.5 Å². The number of nitrogens with one attached hydrogen (secondary N) is 1. The summed E-state index contributed by atoms with van der Waals surface area (Å²) in [5.41, 5.74) is 7.38. The van der Waals surface area contributed by atoms with Gasteiger partial charge in [0, 0.05) is 6.54 Å². The van der Waals surface area contributed by atoms with Crippen LogP contribution in [0.5, 0.6) is 5.75 Å². The quantitative estimate of drug-likeness (QED) is 0.622. The largest absolute Gasteiger partial charge is 0.495 e. The summed E-state index contributed by atoms with van der Waals surface area (Å²) in [6.45, 7) is 0.417. The molecular formula is C14H20N2O3S. The van der Waals surface area contributed by atoms with Gasteiger partial charge in [0.2, 0.25) is 10.0 Å². The van der Waals surface area contributed by atoms with Gasteiger partial charge >= 0.3 is 0 Å². The molecule has 2 rings (SSSR count). The van der Waals surface area contributed by atoms with E-state index >= 15 is 0 Å². The Labute approximate surface area is 119 Å². The molecule has 1 aliphatic carbocycles. The highest BCUT2D eigenvalue weighted by atomic mass is 32.2. The van der Waals surface area contributed by atoms with E-state index in [0.717, 1.165) is 19.3 Å². The van der Waals surface area contributed by atoms with Crippen LogP contribution in [0, 0.1) is 0 Å². The van der Waals surface area contributed by atoms with Gasteiger partial charge in [0.05, 0.1) is 17.7 Å². The molecule has 0 fully saturated rings. The van der Waals surface area contributed by atoms with E-state index in [-0.39, 0.29) is 4.90 Å². The number of hydrogen-bond donors (Lipinski definition) is 2. The van der Waals surface area contributed by atoms with E-state index in [2.05, 4.69) is 10.8 Å². The topological polar surface area (TPSA) is 81.4 Å². The van der Waals surface area contributed by atoms with Crippen molar-refractivity contribution in [1.29, 1.82) is 0 Å². The van der Waals surface area contributed by atoms with Crippen LogP contribution in [-0.4, -0.2) is 22.1 Å². The first-order valence-corrected chi connectivity index (χ1v) is 8.12. The Balaban J connectivity index is 2.00. The highest BCUT2D eigenvalue weighted by Gasteiger charge is 2.15. The van der Waals surface area contributed by atoms with Crippen molar-refractivity contribution in [2.75, 3.05) is 19.4 Å². The average Bonchev–Trinajstić information content (AvgIpc) is 2.91. The lowest BCUT2D eigenvalue weighted by atomic mass is 10.2. The van der Waals surface area contributed by atoms with Gasteiger partial charge in [0.15, 0.2) is 0 Å². The number of nitrogens with two attached hydrogens (primary N) is 1. The highest BCUT2D eigenvalue weighted by Crippen LogP contribution is 2.24. The molecule has 0 atom stereocenters. The summed E-state index contributed by atoms with van der Waals surface area (Å²) >= 11 is 0. The molecule has 1 aromatic carbocycles. The lowest BCUT2D eigenvalue weighted by Crippen LogP contribution is -2.25. The molecule has 5 nitrogen and oxygen atoms in total. The smallest absolute Gasteiger partial charge is 0.240 e. The van der Waals surface area contributed by atoms with Gasteiger partial charge in [0.25, 0.3) is 0 Å². The van der Waals surface area contributed by atoms with Gasteiger partial charge in [-0.1, -0.05) is 11.6 Å². The monoisotopic (exact) mass is 296 g/mol. The number of sulfonamides is 1. The first-order chi connectivity index (χ1) is 9.53. The molecule has 3 N–H and O–H groups in total. The number of methoxy groups -OCH3 is 1. The molecule has 0 radical (unpaired) electrons. The molecule has 0 saturated carbocycles. The fraction of sp³-hybridized carbons (Fsp3) is 0.429. The summed E-state index contributed by atoms with van der Waals surface area (Å²) in [5.74, 6) is 0.472. The zero-order chi connectivity index (χ0) is 14.6. The Morgan fingerprint density at radius 2 is 2.20 bits per heavy atom. The fourth-order valence-corrected chi connectivity index (χ4v) is 3.34. The lowest BCUT2D eigenvalue weighted by Gasteiger charge is -2.09. The maximum Gasteiger partial charge on any atom is 0.240 e.